The highest BCUT2D eigenvalue weighted by Crippen LogP contribution is 2.28. The van der Waals surface area contributed by atoms with Crippen LogP contribution in [-0.4, -0.2) is 59.3 Å². The van der Waals surface area contributed by atoms with E-state index < -0.39 is 49.5 Å². The standard InChI is InChI=1S/C11H11ClFNO6S/c12-10-6(11(17)18)1-5(2-7(10)13)21(19,20)14-3-8(15)9(16)4-14/h1-2,8-9,15-16H,3-4H2,(H,17,18)/t8-,9+. The fraction of sp³-hybridized carbons (Fsp3) is 0.364. The van der Waals surface area contributed by atoms with Crippen LogP contribution < -0.4 is 0 Å². The molecular weight excluding hydrogens is 329 g/mol. The molecule has 1 aromatic rings. The maximum atomic E-state index is 13.6. The van der Waals surface area contributed by atoms with Crippen LogP contribution in [0.25, 0.3) is 0 Å². The largest absolute Gasteiger partial charge is 0.478 e. The topological polar surface area (TPSA) is 115 Å². The van der Waals surface area contributed by atoms with Crippen molar-refractivity contribution >= 4 is 27.6 Å². The summed E-state index contributed by atoms with van der Waals surface area (Å²) in [7, 11) is -4.25. The molecule has 2 atom stereocenters. The molecular formula is C11H11ClFNO6S. The molecule has 21 heavy (non-hydrogen) atoms. The number of carboxylic acids is 1. The molecule has 1 aromatic carbocycles. The van der Waals surface area contributed by atoms with Crippen molar-refractivity contribution in [2.45, 2.75) is 17.1 Å². The lowest BCUT2D eigenvalue weighted by Gasteiger charge is -2.16. The summed E-state index contributed by atoms with van der Waals surface area (Å²) in [5.41, 5.74) is -0.685. The van der Waals surface area contributed by atoms with Crippen molar-refractivity contribution in [2.75, 3.05) is 13.1 Å². The third-order valence-corrected chi connectivity index (χ3v) is 5.29. The van der Waals surface area contributed by atoms with Crippen LogP contribution in [0, 0.1) is 5.82 Å². The maximum Gasteiger partial charge on any atom is 0.337 e. The number of aliphatic hydroxyl groups excluding tert-OH is 2. The Bertz CT molecular complexity index is 684. The van der Waals surface area contributed by atoms with Gasteiger partial charge < -0.3 is 15.3 Å². The normalized spacial score (nSPS) is 23.4. The summed E-state index contributed by atoms with van der Waals surface area (Å²) in [6.07, 6.45) is -2.51. The van der Waals surface area contributed by atoms with Crippen LogP contribution in [0.2, 0.25) is 5.02 Å². The van der Waals surface area contributed by atoms with Crippen LogP contribution in [0.4, 0.5) is 4.39 Å². The Morgan fingerprint density at radius 1 is 1.29 bits per heavy atom. The zero-order chi connectivity index (χ0) is 15.9. The summed E-state index contributed by atoms with van der Waals surface area (Å²) in [6.45, 7) is -0.730. The fourth-order valence-corrected chi connectivity index (χ4v) is 3.65. The number of hydrogen-bond donors (Lipinski definition) is 3. The van der Waals surface area contributed by atoms with Gasteiger partial charge in [-0.05, 0) is 12.1 Å². The minimum absolute atomic E-state index is 0.365. The number of benzene rings is 1. The van der Waals surface area contributed by atoms with Gasteiger partial charge in [0.2, 0.25) is 10.0 Å². The van der Waals surface area contributed by atoms with E-state index >= 15 is 0 Å². The molecule has 1 aliphatic rings. The molecule has 3 N–H and O–H groups in total. The van der Waals surface area contributed by atoms with Crippen LogP contribution >= 0.6 is 11.6 Å². The van der Waals surface area contributed by atoms with Gasteiger partial charge in [0.25, 0.3) is 0 Å². The van der Waals surface area contributed by atoms with Gasteiger partial charge in [-0.2, -0.15) is 4.31 Å². The summed E-state index contributed by atoms with van der Waals surface area (Å²) >= 11 is 5.47. The predicted molar refractivity (Wildman–Crippen MR) is 69.1 cm³/mol. The van der Waals surface area contributed by atoms with Gasteiger partial charge in [0.1, 0.15) is 5.82 Å². The SMILES string of the molecule is O=C(O)c1cc(S(=O)(=O)N2C[C@@H](O)[C@@H](O)C2)cc(F)c1Cl. The average Bonchev–Trinajstić information content (AvgIpc) is 2.73. The molecule has 10 heteroatoms. The zero-order valence-electron chi connectivity index (χ0n) is 10.4. The molecule has 0 bridgehead atoms. The molecule has 7 nitrogen and oxygen atoms in total. The molecule has 1 saturated heterocycles. The molecule has 116 valence electrons. The molecule has 0 saturated carbocycles. The predicted octanol–water partition coefficient (Wildman–Crippen LogP) is -0.0966. The van der Waals surface area contributed by atoms with E-state index in [9.17, 15) is 27.8 Å². The molecule has 0 aromatic heterocycles. The van der Waals surface area contributed by atoms with Crippen molar-refractivity contribution in [3.63, 3.8) is 0 Å². The average molecular weight is 340 g/mol. The second kappa shape index (κ2) is 5.50. The lowest BCUT2D eigenvalue weighted by atomic mass is 10.2. The molecule has 1 heterocycles. The van der Waals surface area contributed by atoms with Gasteiger partial charge in [-0.3, -0.25) is 0 Å². The summed E-state index contributed by atoms with van der Waals surface area (Å²) in [6, 6.07) is 1.33. The molecule has 0 radical (unpaired) electrons. The van der Waals surface area contributed by atoms with Crippen LogP contribution in [0.15, 0.2) is 17.0 Å². The van der Waals surface area contributed by atoms with Crippen LogP contribution in [0.3, 0.4) is 0 Å². The van der Waals surface area contributed by atoms with E-state index in [2.05, 4.69) is 0 Å². The molecule has 0 amide bonds. The number of β-amino-alcohol motifs (C(OH)–C–C–N with tert-alkyl or cyclic N) is 2. The fourth-order valence-electron chi connectivity index (χ4n) is 1.95. The molecule has 0 unspecified atom stereocenters. The number of hydrogen-bond acceptors (Lipinski definition) is 5. The highest BCUT2D eigenvalue weighted by molar-refractivity contribution is 7.89. The molecule has 1 fully saturated rings. The maximum absolute atomic E-state index is 13.6. The van der Waals surface area contributed by atoms with Crippen LogP contribution in [-0.2, 0) is 10.0 Å². The number of carbonyl (C=O) groups is 1. The minimum atomic E-state index is -4.25. The third kappa shape index (κ3) is 2.87. The quantitative estimate of drug-likeness (QED) is 0.708. The van der Waals surface area contributed by atoms with Crippen LogP contribution in [0.5, 0.6) is 0 Å². The van der Waals surface area contributed by atoms with E-state index in [1.807, 2.05) is 0 Å². The zero-order valence-corrected chi connectivity index (χ0v) is 12.0. The minimum Gasteiger partial charge on any atom is -0.478 e. The second-order valence-electron chi connectivity index (χ2n) is 4.53. The summed E-state index contributed by atoms with van der Waals surface area (Å²) in [5, 5.41) is 26.9. The van der Waals surface area contributed by atoms with Gasteiger partial charge >= 0.3 is 5.97 Å². The molecule has 0 aliphatic carbocycles. The van der Waals surface area contributed by atoms with E-state index in [4.69, 9.17) is 16.7 Å². The second-order valence-corrected chi connectivity index (χ2v) is 6.84. The first-order valence-electron chi connectivity index (χ1n) is 5.73. The van der Waals surface area contributed by atoms with Crippen LogP contribution in [0.1, 0.15) is 10.4 Å². The number of nitrogens with zero attached hydrogens (tertiary/aromatic N) is 1. The van der Waals surface area contributed by atoms with Crippen molar-refractivity contribution in [1.82, 2.24) is 4.31 Å². The lowest BCUT2D eigenvalue weighted by Crippen LogP contribution is -2.30. The van der Waals surface area contributed by atoms with Gasteiger partial charge in [-0.15, -0.1) is 0 Å². The van der Waals surface area contributed by atoms with E-state index in [0.717, 1.165) is 10.4 Å². The van der Waals surface area contributed by atoms with E-state index in [1.165, 1.54) is 0 Å². The summed E-state index contributed by atoms with van der Waals surface area (Å²) in [4.78, 5) is 10.3. The third-order valence-electron chi connectivity index (χ3n) is 3.10. The highest BCUT2D eigenvalue weighted by atomic mass is 35.5. The van der Waals surface area contributed by atoms with Crippen molar-refractivity contribution in [2.24, 2.45) is 0 Å². The van der Waals surface area contributed by atoms with Crippen molar-refractivity contribution in [3.05, 3.63) is 28.5 Å². The van der Waals surface area contributed by atoms with Crippen molar-refractivity contribution in [3.8, 4) is 0 Å². The van der Waals surface area contributed by atoms with E-state index in [0.29, 0.717) is 6.07 Å². The van der Waals surface area contributed by atoms with Crippen molar-refractivity contribution < 1.29 is 32.9 Å². The Kier molecular flexibility index (Phi) is 4.22. The van der Waals surface area contributed by atoms with Gasteiger partial charge in [0, 0.05) is 13.1 Å². The number of aromatic carboxylic acids is 1. The van der Waals surface area contributed by atoms with E-state index in [1.54, 1.807) is 0 Å². The number of sulfonamides is 1. The van der Waals surface area contributed by atoms with Crippen molar-refractivity contribution in [1.29, 1.82) is 0 Å². The Morgan fingerprint density at radius 3 is 2.29 bits per heavy atom. The molecule has 0 spiro atoms. The summed E-state index contributed by atoms with van der Waals surface area (Å²) in [5.74, 6) is -2.76. The Balaban J connectivity index is 2.49. The smallest absolute Gasteiger partial charge is 0.337 e. The first kappa shape index (κ1) is 16.1. The number of aliphatic hydroxyl groups is 2. The van der Waals surface area contributed by atoms with Gasteiger partial charge in [0.05, 0.1) is 27.7 Å². The Hall–Kier alpha value is -1.26. The molecule has 1 aliphatic heterocycles. The Morgan fingerprint density at radius 2 is 1.81 bits per heavy atom. The first-order chi connectivity index (χ1) is 9.64. The van der Waals surface area contributed by atoms with Gasteiger partial charge in [-0.25, -0.2) is 17.6 Å². The lowest BCUT2D eigenvalue weighted by molar-refractivity contribution is 0.0572. The van der Waals surface area contributed by atoms with Gasteiger partial charge in [-0.1, -0.05) is 11.6 Å². The van der Waals surface area contributed by atoms with Gasteiger partial charge in [0.15, 0.2) is 0 Å². The summed E-state index contributed by atoms with van der Waals surface area (Å²) < 4.78 is 38.9. The Labute approximate surface area is 124 Å². The highest BCUT2D eigenvalue weighted by Gasteiger charge is 2.38. The number of rotatable bonds is 3. The van der Waals surface area contributed by atoms with E-state index in [-0.39, 0.29) is 13.1 Å². The number of carboxylic acid groups (broad SMARTS) is 1. The first-order valence-corrected chi connectivity index (χ1v) is 7.55. The number of halogens is 2. The molecule has 2 rings (SSSR count). The monoisotopic (exact) mass is 339 g/mol.